The second-order valence-corrected chi connectivity index (χ2v) is 8.71. The quantitative estimate of drug-likeness (QED) is 0.708. The van der Waals surface area contributed by atoms with Crippen molar-refractivity contribution in [3.05, 3.63) is 23.1 Å². The van der Waals surface area contributed by atoms with Crippen LogP contribution in [0.4, 0.5) is 30.6 Å². The number of rotatable bonds is 4. The number of aryl methyl sites for hydroxylation is 2. The molecule has 2 aliphatic heterocycles. The van der Waals surface area contributed by atoms with Crippen molar-refractivity contribution in [3.8, 4) is 0 Å². The minimum atomic E-state index is -4.61. The number of halogens is 3. The van der Waals surface area contributed by atoms with Crippen LogP contribution in [0.2, 0.25) is 0 Å². The van der Waals surface area contributed by atoms with Crippen LogP contribution >= 0.6 is 0 Å². The number of carbonyl (C=O) groups excluding carboxylic acids is 2. The minimum absolute atomic E-state index is 0.0749. The lowest BCUT2D eigenvalue weighted by atomic mass is 9.99. The highest BCUT2D eigenvalue weighted by Gasteiger charge is 2.39. The van der Waals surface area contributed by atoms with Crippen molar-refractivity contribution >= 4 is 29.3 Å². The summed E-state index contributed by atoms with van der Waals surface area (Å²) in [5, 5.41) is 9.44. The van der Waals surface area contributed by atoms with Gasteiger partial charge in [-0.2, -0.15) is 23.3 Å². The number of hydrogen-bond acceptors (Lipinski definition) is 7. The maximum atomic E-state index is 12.9. The van der Waals surface area contributed by atoms with Gasteiger partial charge in [0.05, 0.1) is 11.7 Å². The maximum absolute atomic E-state index is 12.9. The number of anilines is 3. The average molecular weight is 466 g/mol. The van der Waals surface area contributed by atoms with E-state index in [-0.39, 0.29) is 42.7 Å². The van der Waals surface area contributed by atoms with Gasteiger partial charge in [0.25, 0.3) is 5.91 Å². The molecule has 2 aromatic heterocycles. The molecule has 0 spiro atoms. The van der Waals surface area contributed by atoms with Crippen molar-refractivity contribution in [1.29, 1.82) is 0 Å². The highest BCUT2D eigenvalue weighted by Crippen LogP contribution is 2.34. The summed E-state index contributed by atoms with van der Waals surface area (Å²) in [5.41, 5.74) is -0.0603. The molecule has 1 atom stereocenters. The number of carbonyl (C=O) groups is 2. The zero-order valence-electron chi connectivity index (χ0n) is 18.9. The largest absolute Gasteiger partial charge is 0.435 e. The smallest absolute Gasteiger partial charge is 0.348 e. The zero-order valence-corrected chi connectivity index (χ0v) is 18.9. The molecule has 10 nitrogen and oxygen atoms in total. The van der Waals surface area contributed by atoms with E-state index in [0.717, 1.165) is 10.7 Å². The monoisotopic (exact) mass is 466 g/mol. The molecule has 4 rings (SSSR count). The predicted molar refractivity (Wildman–Crippen MR) is 114 cm³/mol. The molecule has 0 radical (unpaired) electrons. The second kappa shape index (κ2) is 7.89. The third-order valence-corrected chi connectivity index (χ3v) is 5.86. The molecule has 0 bridgehead atoms. The molecule has 0 aromatic carbocycles. The Bertz CT molecular complexity index is 1110. The summed E-state index contributed by atoms with van der Waals surface area (Å²) in [6, 6.07) is 0.233. The van der Waals surface area contributed by atoms with Crippen LogP contribution in [0.1, 0.15) is 35.7 Å². The van der Waals surface area contributed by atoms with Gasteiger partial charge in [-0.15, -0.1) is 0 Å². The number of aromatic nitrogens is 4. The van der Waals surface area contributed by atoms with Crippen LogP contribution in [0.25, 0.3) is 0 Å². The van der Waals surface area contributed by atoms with Crippen molar-refractivity contribution < 1.29 is 22.8 Å². The third kappa shape index (κ3) is 4.07. The zero-order chi connectivity index (χ0) is 24.2. The number of likely N-dealkylation sites (tertiary alicyclic amines) is 1. The standard InChI is InChI=1S/C20H25F3N8O2/c1-9(2)15-17(32)26-14-10(3)24-19(27-16(14)29(15)4)25-11-7-31(8-11)18(33)12-6-13(20(21,22)23)28-30(12)5/h6,9,11,15H,7-8H2,1-5H3,(H,26,32)(H,24,25,27). The lowest BCUT2D eigenvalue weighted by molar-refractivity contribution is -0.141. The van der Waals surface area contributed by atoms with Crippen LogP contribution in [0, 0.1) is 12.8 Å². The lowest BCUT2D eigenvalue weighted by Crippen LogP contribution is -2.57. The Hall–Kier alpha value is -3.38. The molecule has 2 aromatic rings. The van der Waals surface area contributed by atoms with Gasteiger partial charge < -0.3 is 20.4 Å². The fraction of sp³-hybridized carbons (Fsp3) is 0.550. The van der Waals surface area contributed by atoms with Gasteiger partial charge >= 0.3 is 6.18 Å². The Balaban J connectivity index is 1.44. The van der Waals surface area contributed by atoms with Gasteiger partial charge in [0.1, 0.15) is 17.4 Å². The molecule has 1 fully saturated rings. The number of nitrogens with zero attached hydrogens (tertiary/aromatic N) is 6. The Labute approximate surface area is 188 Å². The van der Waals surface area contributed by atoms with E-state index in [2.05, 4.69) is 25.7 Å². The Morgan fingerprint density at radius 2 is 1.91 bits per heavy atom. The van der Waals surface area contributed by atoms with Crippen LogP contribution in [0.5, 0.6) is 0 Å². The van der Waals surface area contributed by atoms with Gasteiger partial charge in [0.15, 0.2) is 11.5 Å². The van der Waals surface area contributed by atoms with E-state index in [1.165, 1.54) is 11.9 Å². The highest BCUT2D eigenvalue weighted by atomic mass is 19.4. The van der Waals surface area contributed by atoms with E-state index in [4.69, 9.17) is 0 Å². The van der Waals surface area contributed by atoms with Crippen LogP contribution in [-0.2, 0) is 18.0 Å². The van der Waals surface area contributed by atoms with Gasteiger partial charge in [-0.3, -0.25) is 14.3 Å². The molecule has 0 saturated carbocycles. The summed E-state index contributed by atoms with van der Waals surface area (Å²) in [6.45, 7) is 6.25. The molecule has 2 N–H and O–H groups in total. The molecular weight excluding hydrogens is 441 g/mol. The highest BCUT2D eigenvalue weighted by molar-refractivity contribution is 6.03. The van der Waals surface area contributed by atoms with Crippen molar-refractivity contribution in [3.63, 3.8) is 0 Å². The Kier molecular flexibility index (Phi) is 5.45. The molecule has 2 amide bonds. The number of amides is 2. The van der Waals surface area contributed by atoms with Crippen molar-refractivity contribution in [2.45, 2.75) is 39.0 Å². The predicted octanol–water partition coefficient (Wildman–Crippen LogP) is 1.89. The first-order chi connectivity index (χ1) is 15.4. The van der Waals surface area contributed by atoms with Gasteiger partial charge in [-0.1, -0.05) is 13.8 Å². The average Bonchev–Trinajstić information content (AvgIpc) is 3.07. The van der Waals surface area contributed by atoms with E-state index in [9.17, 15) is 22.8 Å². The van der Waals surface area contributed by atoms with E-state index in [0.29, 0.717) is 23.1 Å². The molecule has 13 heteroatoms. The molecule has 2 aliphatic rings. The van der Waals surface area contributed by atoms with Crippen LogP contribution in [0.3, 0.4) is 0 Å². The normalized spacial score (nSPS) is 18.8. The van der Waals surface area contributed by atoms with Crippen molar-refractivity contribution in [2.75, 3.05) is 35.7 Å². The Morgan fingerprint density at radius 1 is 1.24 bits per heavy atom. The first kappa shape index (κ1) is 22.8. The summed E-state index contributed by atoms with van der Waals surface area (Å²) in [4.78, 5) is 37.3. The van der Waals surface area contributed by atoms with Crippen molar-refractivity contribution in [2.24, 2.45) is 13.0 Å². The van der Waals surface area contributed by atoms with Crippen molar-refractivity contribution in [1.82, 2.24) is 24.6 Å². The number of hydrogen-bond donors (Lipinski definition) is 2. The first-order valence-electron chi connectivity index (χ1n) is 10.5. The number of fused-ring (bicyclic) bond motifs is 1. The topological polar surface area (TPSA) is 108 Å². The number of nitrogens with one attached hydrogen (secondary N) is 2. The lowest BCUT2D eigenvalue weighted by Gasteiger charge is -2.40. The second-order valence-electron chi connectivity index (χ2n) is 8.71. The van der Waals surface area contributed by atoms with Gasteiger partial charge in [-0.05, 0) is 12.8 Å². The molecule has 33 heavy (non-hydrogen) atoms. The molecule has 1 saturated heterocycles. The van der Waals surface area contributed by atoms with Crippen LogP contribution < -0.4 is 15.5 Å². The number of likely N-dealkylation sites (N-methyl/N-ethyl adjacent to an activating group) is 1. The summed E-state index contributed by atoms with van der Waals surface area (Å²) in [5.74, 6) is 0.400. The van der Waals surface area contributed by atoms with Crippen LogP contribution in [0.15, 0.2) is 6.07 Å². The molecule has 178 valence electrons. The maximum Gasteiger partial charge on any atom is 0.435 e. The summed E-state index contributed by atoms with van der Waals surface area (Å²) in [6.07, 6.45) is -4.61. The minimum Gasteiger partial charge on any atom is -0.348 e. The molecular formula is C20H25F3N8O2. The summed E-state index contributed by atoms with van der Waals surface area (Å²) < 4.78 is 39.5. The third-order valence-electron chi connectivity index (χ3n) is 5.86. The van der Waals surface area contributed by atoms with E-state index in [1.807, 2.05) is 25.8 Å². The van der Waals surface area contributed by atoms with Crippen LogP contribution in [-0.4, -0.2) is 68.7 Å². The fourth-order valence-corrected chi connectivity index (χ4v) is 4.16. The van der Waals surface area contributed by atoms with Gasteiger partial charge in [0.2, 0.25) is 11.9 Å². The van der Waals surface area contributed by atoms with Gasteiger partial charge in [0, 0.05) is 33.3 Å². The first-order valence-corrected chi connectivity index (χ1v) is 10.5. The molecule has 1 unspecified atom stereocenters. The SMILES string of the molecule is Cc1nc(NC2CN(C(=O)c3cc(C(F)(F)F)nn3C)C2)nc2c1NC(=O)C(C(C)C)N2C. The van der Waals surface area contributed by atoms with Gasteiger partial charge in [-0.25, -0.2) is 4.98 Å². The molecule has 0 aliphatic carbocycles. The molecule has 4 heterocycles. The summed E-state index contributed by atoms with van der Waals surface area (Å²) >= 11 is 0. The van der Waals surface area contributed by atoms with E-state index in [1.54, 1.807) is 6.92 Å². The number of alkyl halides is 3. The Morgan fingerprint density at radius 3 is 2.48 bits per heavy atom. The fourth-order valence-electron chi connectivity index (χ4n) is 4.16. The van der Waals surface area contributed by atoms with E-state index >= 15 is 0 Å². The van der Waals surface area contributed by atoms with E-state index < -0.39 is 17.8 Å². The summed E-state index contributed by atoms with van der Waals surface area (Å²) in [7, 11) is 3.12.